The van der Waals surface area contributed by atoms with Gasteiger partial charge in [0.05, 0.1) is 5.56 Å². The van der Waals surface area contributed by atoms with Gasteiger partial charge >= 0.3 is 0 Å². The van der Waals surface area contributed by atoms with E-state index in [1.165, 1.54) is 3.57 Å². The summed E-state index contributed by atoms with van der Waals surface area (Å²) in [6.45, 7) is 0. The molecule has 0 bridgehead atoms. The summed E-state index contributed by atoms with van der Waals surface area (Å²) in [6.07, 6.45) is 0. The second-order valence-electron chi connectivity index (χ2n) is 3.35. The van der Waals surface area contributed by atoms with Crippen LogP contribution in [0.15, 0.2) is 52.3 Å². The van der Waals surface area contributed by atoms with Crippen LogP contribution in [0, 0.1) is 14.9 Å². The van der Waals surface area contributed by atoms with E-state index in [0.717, 1.165) is 9.79 Å². The molecule has 0 radical (unpaired) electrons. The molecule has 0 saturated carbocycles. The van der Waals surface area contributed by atoms with Gasteiger partial charge in [-0.15, -0.1) is 0 Å². The van der Waals surface area contributed by atoms with Crippen LogP contribution in [0.25, 0.3) is 0 Å². The first kappa shape index (κ1) is 12.3. The second kappa shape index (κ2) is 5.43. The minimum absolute atomic E-state index is 0.0306. The van der Waals surface area contributed by atoms with E-state index in [2.05, 4.69) is 22.6 Å². The van der Waals surface area contributed by atoms with Crippen LogP contribution in [0.2, 0.25) is 0 Å². The van der Waals surface area contributed by atoms with Crippen molar-refractivity contribution in [3.8, 4) is 11.8 Å². The van der Waals surface area contributed by atoms with Crippen LogP contribution in [-0.4, -0.2) is 5.11 Å². The van der Waals surface area contributed by atoms with Crippen LogP contribution in [0.4, 0.5) is 0 Å². The molecule has 2 aromatic rings. The molecule has 2 nitrogen and oxygen atoms in total. The topological polar surface area (TPSA) is 44.0 Å². The molecule has 2 aromatic carbocycles. The van der Waals surface area contributed by atoms with Crippen molar-refractivity contribution < 1.29 is 5.11 Å². The van der Waals surface area contributed by atoms with Crippen LogP contribution in [0.3, 0.4) is 0 Å². The fourth-order valence-corrected chi connectivity index (χ4v) is 2.52. The van der Waals surface area contributed by atoms with Gasteiger partial charge in [0.2, 0.25) is 0 Å². The molecule has 4 heteroatoms. The summed E-state index contributed by atoms with van der Waals surface area (Å²) >= 11 is 3.81. The van der Waals surface area contributed by atoms with Crippen molar-refractivity contribution in [3.63, 3.8) is 0 Å². The lowest BCUT2D eigenvalue weighted by molar-refractivity contribution is 0.472. The first-order valence-corrected chi connectivity index (χ1v) is 6.75. The van der Waals surface area contributed by atoms with Crippen LogP contribution >= 0.6 is 34.4 Å². The lowest BCUT2D eigenvalue weighted by Crippen LogP contribution is -1.79. The van der Waals surface area contributed by atoms with Gasteiger partial charge in [0, 0.05) is 13.4 Å². The number of rotatable bonds is 2. The third-order valence-corrected chi connectivity index (χ3v) is 3.86. The van der Waals surface area contributed by atoms with Crippen molar-refractivity contribution in [1.29, 1.82) is 5.26 Å². The Hall–Kier alpha value is -1.19. The zero-order chi connectivity index (χ0) is 12.3. The molecule has 1 N–H and O–H groups in total. The van der Waals surface area contributed by atoms with Gasteiger partial charge in [-0.1, -0.05) is 11.8 Å². The van der Waals surface area contributed by atoms with Crippen molar-refractivity contribution >= 4 is 34.4 Å². The number of nitrogens with zero attached hydrogens (tertiary/aromatic N) is 1. The molecule has 0 aliphatic heterocycles. The number of aromatic hydroxyl groups is 1. The number of phenols is 1. The molecular formula is C13H8INOS. The average molecular weight is 353 g/mol. The third-order valence-electron chi connectivity index (χ3n) is 2.14. The number of nitriles is 1. The van der Waals surface area contributed by atoms with Gasteiger partial charge in [-0.3, -0.25) is 0 Å². The highest BCUT2D eigenvalue weighted by atomic mass is 127. The lowest BCUT2D eigenvalue weighted by atomic mass is 10.2. The van der Waals surface area contributed by atoms with Crippen molar-refractivity contribution in [2.75, 3.05) is 0 Å². The molecule has 17 heavy (non-hydrogen) atoms. The zero-order valence-electron chi connectivity index (χ0n) is 8.72. The lowest BCUT2D eigenvalue weighted by Gasteiger charge is -2.03. The Kier molecular flexibility index (Phi) is 3.92. The van der Waals surface area contributed by atoms with Crippen molar-refractivity contribution in [1.82, 2.24) is 0 Å². The molecule has 0 aromatic heterocycles. The maximum Gasteiger partial charge on any atom is 0.134 e. The standard InChI is InChI=1S/C13H8INOS/c14-10-2-5-11(6-3-10)17-12-4-1-9(8-15)13(16)7-12/h1-7,16H. The largest absolute Gasteiger partial charge is 0.507 e. The van der Waals surface area contributed by atoms with Crippen molar-refractivity contribution in [2.24, 2.45) is 0 Å². The minimum atomic E-state index is 0.0306. The van der Waals surface area contributed by atoms with Gasteiger partial charge in [-0.2, -0.15) is 5.26 Å². The number of phenolic OH excluding ortho intramolecular Hbond substituents is 1. The summed E-state index contributed by atoms with van der Waals surface area (Å²) in [5.41, 5.74) is 0.303. The highest BCUT2D eigenvalue weighted by Gasteiger charge is 2.03. The van der Waals surface area contributed by atoms with E-state index in [9.17, 15) is 5.11 Å². The van der Waals surface area contributed by atoms with Gasteiger partial charge in [0.1, 0.15) is 11.8 Å². The van der Waals surface area contributed by atoms with E-state index in [0.29, 0.717) is 5.56 Å². The molecule has 0 unspecified atom stereocenters. The van der Waals surface area contributed by atoms with Crippen LogP contribution < -0.4 is 0 Å². The quantitative estimate of drug-likeness (QED) is 0.830. The summed E-state index contributed by atoms with van der Waals surface area (Å²) in [6, 6.07) is 15.1. The predicted octanol–water partition coefficient (Wildman–Crippen LogP) is 4.02. The van der Waals surface area contributed by atoms with Gasteiger partial charge in [0.15, 0.2) is 0 Å². The molecule has 84 valence electrons. The highest BCUT2D eigenvalue weighted by molar-refractivity contribution is 14.1. The first-order chi connectivity index (χ1) is 8.19. The van der Waals surface area contributed by atoms with Crippen molar-refractivity contribution in [3.05, 3.63) is 51.6 Å². The molecule has 0 fully saturated rings. The van der Waals surface area contributed by atoms with E-state index < -0.39 is 0 Å². The Balaban J connectivity index is 2.22. The fourth-order valence-electron chi connectivity index (χ4n) is 1.31. The molecule has 0 amide bonds. The van der Waals surface area contributed by atoms with Gasteiger partial charge in [-0.25, -0.2) is 0 Å². The molecule has 0 aliphatic rings. The smallest absolute Gasteiger partial charge is 0.134 e. The van der Waals surface area contributed by atoms with Gasteiger partial charge in [0.25, 0.3) is 0 Å². The van der Waals surface area contributed by atoms with Crippen LogP contribution in [-0.2, 0) is 0 Å². The molecule has 0 spiro atoms. The van der Waals surface area contributed by atoms with E-state index in [4.69, 9.17) is 5.26 Å². The normalized spacial score (nSPS) is 9.88. The maximum atomic E-state index is 9.58. The Labute approximate surface area is 117 Å². The van der Waals surface area contributed by atoms with E-state index in [-0.39, 0.29) is 5.75 Å². The van der Waals surface area contributed by atoms with Crippen molar-refractivity contribution in [2.45, 2.75) is 9.79 Å². The first-order valence-electron chi connectivity index (χ1n) is 4.85. The third kappa shape index (κ3) is 3.14. The van der Waals surface area contributed by atoms with E-state index in [1.54, 1.807) is 23.9 Å². The highest BCUT2D eigenvalue weighted by Crippen LogP contribution is 2.31. The Bertz CT molecular complexity index is 575. The average Bonchev–Trinajstić information content (AvgIpc) is 2.32. The Morgan fingerprint density at radius 1 is 1.06 bits per heavy atom. The Morgan fingerprint density at radius 3 is 2.29 bits per heavy atom. The molecular weight excluding hydrogens is 345 g/mol. The number of halogens is 1. The summed E-state index contributed by atoms with van der Waals surface area (Å²) in [4.78, 5) is 2.03. The zero-order valence-corrected chi connectivity index (χ0v) is 11.7. The fraction of sp³-hybridized carbons (Fsp3) is 0. The SMILES string of the molecule is N#Cc1ccc(Sc2ccc(I)cc2)cc1O. The number of hydrogen-bond acceptors (Lipinski definition) is 3. The summed E-state index contributed by atoms with van der Waals surface area (Å²) in [5, 5.41) is 18.3. The molecule has 0 aliphatic carbocycles. The second-order valence-corrected chi connectivity index (χ2v) is 5.74. The molecule has 0 saturated heterocycles. The van der Waals surface area contributed by atoms with Gasteiger partial charge in [-0.05, 0) is 65.1 Å². The summed E-state index contributed by atoms with van der Waals surface area (Å²) < 4.78 is 1.19. The predicted molar refractivity (Wildman–Crippen MR) is 76.1 cm³/mol. The summed E-state index contributed by atoms with van der Waals surface area (Å²) in [5.74, 6) is 0.0306. The van der Waals surface area contributed by atoms with Gasteiger partial charge < -0.3 is 5.11 Å². The van der Waals surface area contributed by atoms with Crippen LogP contribution in [0.5, 0.6) is 5.75 Å². The maximum absolute atomic E-state index is 9.58. The summed E-state index contributed by atoms with van der Waals surface area (Å²) in [7, 11) is 0. The van der Waals surface area contributed by atoms with E-state index >= 15 is 0 Å². The molecule has 0 atom stereocenters. The monoisotopic (exact) mass is 353 g/mol. The van der Waals surface area contributed by atoms with E-state index in [1.807, 2.05) is 36.4 Å². The number of hydrogen-bond donors (Lipinski definition) is 1. The minimum Gasteiger partial charge on any atom is -0.507 e. The van der Waals surface area contributed by atoms with Crippen LogP contribution in [0.1, 0.15) is 5.56 Å². The molecule has 2 rings (SSSR count). The Morgan fingerprint density at radius 2 is 1.71 bits per heavy atom. The number of benzene rings is 2. The molecule has 0 heterocycles.